The molecule has 1 atom stereocenters. The van der Waals surface area contributed by atoms with Crippen LogP contribution in [0.3, 0.4) is 0 Å². The molecule has 0 spiro atoms. The van der Waals surface area contributed by atoms with Gasteiger partial charge in [0.1, 0.15) is 0 Å². The maximum atomic E-state index is 11.6. The van der Waals surface area contributed by atoms with Crippen LogP contribution >= 0.6 is 24.0 Å². The number of aliphatic imine (C=N–C) groups is 1. The summed E-state index contributed by atoms with van der Waals surface area (Å²) < 4.78 is 23.2. The Morgan fingerprint density at radius 2 is 1.81 bits per heavy atom. The predicted octanol–water partition coefficient (Wildman–Crippen LogP) is 4.17. The molecular formula is C24H35IN4O2S. The molecule has 8 heteroatoms. The van der Waals surface area contributed by atoms with Crippen LogP contribution in [0.5, 0.6) is 0 Å². The Labute approximate surface area is 209 Å². The van der Waals surface area contributed by atoms with Crippen molar-refractivity contribution in [1.29, 1.82) is 0 Å². The van der Waals surface area contributed by atoms with Gasteiger partial charge in [-0.25, -0.2) is 8.42 Å². The fourth-order valence-corrected chi connectivity index (χ4v) is 4.41. The van der Waals surface area contributed by atoms with Gasteiger partial charge in [-0.15, -0.1) is 24.0 Å². The zero-order valence-electron chi connectivity index (χ0n) is 19.2. The number of halogens is 1. The molecule has 1 fully saturated rings. The van der Waals surface area contributed by atoms with Gasteiger partial charge in [-0.2, -0.15) is 0 Å². The predicted molar refractivity (Wildman–Crippen MR) is 144 cm³/mol. The summed E-state index contributed by atoms with van der Waals surface area (Å²) >= 11 is 0. The molecule has 2 aromatic carbocycles. The Kier molecular flexibility index (Phi) is 10.3. The van der Waals surface area contributed by atoms with E-state index in [4.69, 9.17) is 4.99 Å². The van der Waals surface area contributed by atoms with Crippen LogP contribution in [-0.2, 0) is 16.3 Å². The fraction of sp³-hybridized carbons (Fsp3) is 0.458. The molecule has 2 N–H and O–H groups in total. The highest BCUT2D eigenvalue weighted by molar-refractivity contribution is 14.0. The first-order valence-electron chi connectivity index (χ1n) is 11.1. The van der Waals surface area contributed by atoms with Crippen molar-refractivity contribution in [2.24, 2.45) is 4.99 Å². The highest BCUT2D eigenvalue weighted by Crippen LogP contribution is 2.24. The molecule has 176 valence electrons. The zero-order valence-corrected chi connectivity index (χ0v) is 22.3. The van der Waals surface area contributed by atoms with E-state index in [0.717, 1.165) is 37.6 Å². The first-order valence-corrected chi connectivity index (χ1v) is 12.9. The molecule has 1 aliphatic rings. The smallest absolute Gasteiger partial charge is 0.191 e. The highest BCUT2D eigenvalue weighted by atomic mass is 127. The monoisotopic (exact) mass is 570 g/mol. The van der Waals surface area contributed by atoms with Crippen LogP contribution in [0.25, 0.3) is 0 Å². The minimum atomic E-state index is -3.16. The molecule has 0 radical (unpaired) electrons. The SMILES string of the molecule is CCNC(=NCCc1ccc(S(C)(=O)=O)cc1)NC(C)c1cccc(N2CCCC2)c1.I. The van der Waals surface area contributed by atoms with Crippen LogP contribution in [-0.4, -0.2) is 46.8 Å². The molecular weight excluding hydrogens is 535 g/mol. The minimum Gasteiger partial charge on any atom is -0.372 e. The quantitative estimate of drug-likeness (QED) is 0.283. The van der Waals surface area contributed by atoms with Gasteiger partial charge in [0.15, 0.2) is 15.8 Å². The van der Waals surface area contributed by atoms with Crippen LogP contribution in [0.4, 0.5) is 5.69 Å². The molecule has 1 saturated heterocycles. The lowest BCUT2D eigenvalue weighted by Crippen LogP contribution is -2.39. The van der Waals surface area contributed by atoms with Gasteiger partial charge in [-0.1, -0.05) is 24.3 Å². The van der Waals surface area contributed by atoms with E-state index >= 15 is 0 Å². The van der Waals surface area contributed by atoms with Crippen LogP contribution in [0.15, 0.2) is 58.4 Å². The number of anilines is 1. The average Bonchev–Trinajstić information content (AvgIpc) is 3.29. The van der Waals surface area contributed by atoms with Crippen LogP contribution in [0, 0.1) is 0 Å². The first kappa shape index (κ1) is 26.4. The molecule has 0 saturated carbocycles. The van der Waals surface area contributed by atoms with Crippen molar-refractivity contribution < 1.29 is 8.42 Å². The minimum absolute atomic E-state index is 0. The van der Waals surface area contributed by atoms with E-state index in [1.165, 1.54) is 30.3 Å². The Balaban J connectivity index is 0.00000363. The van der Waals surface area contributed by atoms with E-state index in [1.54, 1.807) is 12.1 Å². The molecule has 0 bridgehead atoms. The lowest BCUT2D eigenvalue weighted by molar-refractivity contribution is 0.602. The summed E-state index contributed by atoms with van der Waals surface area (Å²) in [6.45, 7) is 7.89. The van der Waals surface area contributed by atoms with Gasteiger partial charge in [0.2, 0.25) is 0 Å². The lowest BCUT2D eigenvalue weighted by atomic mass is 10.1. The van der Waals surface area contributed by atoms with Crippen LogP contribution < -0.4 is 15.5 Å². The van der Waals surface area contributed by atoms with Crippen molar-refractivity contribution in [2.75, 3.05) is 37.3 Å². The lowest BCUT2D eigenvalue weighted by Gasteiger charge is -2.22. The van der Waals surface area contributed by atoms with Crippen molar-refractivity contribution in [2.45, 2.75) is 44.0 Å². The summed E-state index contributed by atoms with van der Waals surface area (Å²) in [5.41, 5.74) is 3.60. The van der Waals surface area contributed by atoms with E-state index in [0.29, 0.717) is 11.4 Å². The zero-order chi connectivity index (χ0) is 22.3. The summed E-state index contributed by atoms with van der Waals surface area (Å²) in [5.74, 6) is 0.786. The third-order valence-electron chi connectivity index (χ3n) is 5.56. The third-order valence-corrected chi connectivity index (χ3v) is 6.69. The molecule has 6 nitrogen and oxygen atoms in total. The molecule has 0 aromatic heterocycles. The van der Waals surface area contributed by atoms with Gasteiger partial charge in [0.05, 0.1) is 10.9 Å². The van der Waals surface area contributed by atoms with Gasteiger partial charge in [0, 0.05) is 38.1 Å². The number of guanidine groups is 1. The summed E-state index contributed by atoms with van der Waals surface area (Å²) in [5, 5.41) is 6.83. The van der Waals surface area contributed by atoms with E-state index in [9.17, 15) is 8.42 Å². The highest BCUT2D eigenvalue weighted by Gasteiger charge is 2.14. The molecule has 1 heterocycles. The van der Waals surface area contributed by atoms with Gasteiger partial charge in [-0.05, 0) is 68.5 Å². The second-order valence-corrected chi connectivity index (χ2v) is 10.1. The Morgan fingerprint density at radius 3 is 2.44 bits per heavy atom. The molecule has 1 unspecified atom stereocenters. The Morgan fingerprint density at radius 1 is 1.12 bits per heavy atom. The van der Waals surface area contributed by atoms with E-state index in [2.05, 4.69) is 53.6 Å². The van der Waals surface area contributed by atoms with Crippen molar-refractivity contribution >= 4 is 45.5 Å². The molecule has 0 amide bonds. The van der Waals surface area contributed by atoms with E-state index in [1.807, 2.05) is 12.1 Å². The maximum absolute atomic E-state index is 11.6. The topological polar surface area (TPSA) is 73.8 Å². The number of rotatable bonds is 8. The normalized spacial score (nSPS) is 15.2. The number of nitrogens with zero attached hydrogens (tertiary/aromatic N) is 2. The molecule has 0 aliphatic carbocycles. The maximum Gasteiger partial charge on any atom is 0.191 e. The summed E-state index contributed by atoms with van der Waals surface area (Å²) in [6, 6.07) is 15.9. The second-order valence-electron chi connectivity index (χ2n) is 8.08. The van der Waals surface area contributed by atoms with Gasteiger partial charge in [-0.3, -0.25) is 4.99 Å². The summed E-state index contributed by atoms with van der Waals surface area (Å²) in [4.78, 5) is 7.51. The molecule has 3 rings (SSSR count). The number of hydrogen-bond donors (Lipinski definition) is 2. The largest absolute Gasteiger partial charge is 0.372 e. The standard InChI is InChI=1S/C24H34N4O2S.HI/c1-4-25-24(26-15-14-20-10-12-23(13-11-20)31(3,29)30)27-19(2)21-8-7-9-22(18-21)28-16-5-6-17-28;/h7-13,18-19H,4-6,14-17H2,1-3H3,(H2,25,26,27);1H. The van der Waals surface area contributed by atoms with Crippen molar-refractivity contribution in [3.05, 3.63) is 59.7 Å². The van der Waals surface area contributed by atoms with Crippen LogP contribution in [0.2, 0.25) is 0 Å². The summed E-state index contributed by atoms with van der Waals surface area (Å²) in [7, 11) is -3.16. The van der Waals surface area contributed by atoms with E-state index in [-0.39, 0.29) is 30.0 Å². The third kappa shape index (κ3) is 7.65. The van der Waals surface area contributed by atoms with Gasteiger partial charge < -0.3 is 15.5 Å². The Bertz CT molecular complexity index is 987. The number of sulfone groups is 1. The molecule has 2 aromatic rings. The average molecular weight is 571 g/mol. The number of benzene rings is 2. The van der Waals surface area contributed by atoms with Gasteiger partial charge in [0.25, 0.3) is 0 Å². The number of hydrogen-bond acceptors (Lipinski definition) is 4. The van der Waals surface area contributed by atoms with Crippen molar-refractivity contribution in [3.63, 3.8) is 0 Å². The first-order chi connectivity index (χ1) is 14.9. The fourth-order valence-electron chi connectivity index (χ4n) is 3.77. The van der Waals surface area contributed by atoms with Crippen LogP contribution in [0.1, 0.15) is 43.9 Å². The van der Waals surface area contributed by atoms with Crippen molar-refractivity contribution in [3.8, 4) is 0 Å². The second kappa shape index (κ2) is 12.4. The van der Waals surface area contributed by atoms with Crippen molar-refractivity contribution in [1.82, 2.24) is 10.6 Å². The summed E-state index contributed by atoms with van der Waals surface area (Å²) in [6.07, 6.45) is 4.51. The Hall–Kier alpha value is -1.81. The molecule has 1 aliphatic heterocycles. The van der Waals surface area contributed by atoms with Gasteiger partial charge >= 0.3 is 0 Å². The van der Waals surface area contributed by atoms with E-state index < -0.39 is 9.84 Å². The number of nitrogens with one attached hydrogen (secondary N) is 2. The molecule has 32 heavy (non-hydrogen) atoms.